The molecule has 0 fully saturated rings. The van der Waals surface area contributed by atoms with Crippen molar-refractivity contribution in [2.75, 3.05) is 5.73 Å². The third kappa shape index (κ3) is 3.55. The van der Waals surface area contributed by atoms with Gasteiger partial charge in [-0.3, -0.25) is 4.98 Å². The van der Waals surface area contributed by atoms with Gasteiger partial charge in [-0.05, 0) is 24.3 Å². The Morgan fingerprint density at radius 2 is 1.78 bits per heavy atom. The van der Waals surface area contributed by atoms with E-state index in [0.29, 0.717) is 27.2 Å². The van der Waals surface area contributed by atoms with Crippen LogP contribution in [0.5, 0.6) is 5.75 Å². The van der Waals surface area contributed by atoms with Crippen LogP contribution in [-0.4, -0.2) is 9.97 Å². The van der Waals surface area contributed by atoms with Crippen LogP contribution in [0.2, 0.25) is 10.0 Å². The summed E-state index contributed by atoms with van der Waals surface area (Å²) < 4.78 is 5.77. The van der Waals surface area contributed by atoms with Crippen LogP contribution in [-0.2, 0) is 6.61 Å². The number of halogens is 2. The quantitative estimate of drug-likeness (QED) is 0.749. The number of hydrogen-bond acceptors (Lipinski definition) is 4. The molecule has 0 aliphatic heterocycles. The third-order valence-corrected chi connectivity index (χ3v) is 4.02. The molecule has 0 saturated carbocycles. The van der Waals surface area contributed by atoms with Crippen molar-refractivity contribution in [2.45, 2.75) is 6.61 Å². The lowest BCUT2D eigenvalue weighted by atomic mass is 10.1. The van der Waals surface area contributed by atoms with Crippen molar-refractivity contribution >= 4 is 29.0 Å². The van der Waals surface area contributed by atoms with E-state index in [9.17, 15) is 0 Å². The first-order valence-electron chi connectivity index (χ1n) is 6.87. The Balaban J connectivity index is 1.86. The maximum absolute atomic E-state index is 6.14. The highest BCUT2D eigenvalue weighted by atomic mass is 35.5. The summed E-state index contributed by atoms with van der Waals surface area (Å²) in [6.45, 7) is 0.209. The highest BCUT2D eigenvalue weighted by Crippen LogP contribution is 2.30. The number of anilines is 1. The molecule has 0 atom stereocenters. The largest absolute Gasteiger partial charge is 0.485 e. The van der Waals surface area contributed by atoms with E-state index in [0.717, 1.165) is 11.1 Å². The smallest absolute Gasteiger partial charge is 0.166 e. The molecular weight excluding hydrogens is 333 g/mol. The molecule has 23 heavy (non-hydrogen) atoms. The van der Waals surface area contributed by atoms with Crippen LogP contribution in [0.25, 0.3) is 11.1 Å². The minimum absolute atomic E-state index is 0.209. The molecule has 116 valence electrons. The summed E-state index contributed by atoms with van der Waals surface area (Å²) in [5.41, 5.74) is 8.40. The van der Waals surface area contributed by atoms with Crippen molar-refractivity contribution in [2.24, 2.45) is 0 Å². The maximum atomic E-state index is 6.14. The maximum Gasteiger partial charge on any atom is 0.166 e. The summed E-state index contributed by atoms with van der Waals surface area (Å²) in [4.78, 5) is 8.27. The molecule has 3 aromatic rings. The number of benzene rings is 1. The number of pyridine rings is 2. The number of hydrogen-bond donors (Lipinski definition) is 1. The highest BCUT2D eigenvalue weighted by Gasteiger charge is 2.10. The van der Waals surface area contributed by atoms with Gasteiger partial charge < -0.3 is 10.5 Å². The second-order valence-electron chi connectivity index (χ2n) is 4.84. The van der Waals surface area contributed by atoms with E-state index >= 15 is 0 Å². The van der Waals surface area contributed by atoms with Gasteiger partial charge in [-0.25, -0.2) is 4.98 Å². The summed E-state index contributed by atoms with van der Waals surface area (Å²) in [5, 5.41) is 1.10. The number of rotatable bonds is 4. The van der Waals surface area contributed by atoms with Gasteiger partial charge in [-0.2, -0.15) is 0 Å². The predicted molar refractivity (Wildman–Crippen MR) is 92.7 cm³/mol. The molecule has 2 aromatic heterocycles. The first kappa shape index (κ1) is 15.6. The lowest BCUT2D eigenvalue weighted by Crippen LogP contribution is -2.02. The summed E-state index contributed by atoms with van der Waals surface area (Å²) in [5.74, 6) is 0.781. The molecule has 0 aliphatic carbocycles. The fourth-order valence-electron chi connectivity index (χ4n) is 2.08. The average molecular weight is 346 g/mol. The summed E-state index contributed by atoms with van der Waals surface area (Å²) in [7, 11) is 0. The second kappa shape index (κ2) is 6.86. The van der Waals surface area contributed by atoms with Gasteiger partial charge in [0.1, 0.15) is 6.61 Å². The zero-order valence-corrected chi connectivity index (χ0v) is 13.6. The Kier molecular flexibility index (Phi) is 4.65. The van der Waals surface area contributed by atoms with E-state index in [2.05, 4.69) is 9.97 Å². The number of aromatic nitrogens is 2. The van der Waals surface area contributed by atoms with Crippen molar-refractivity contribution in [3.63, 3.8) is 0 Å². The van der Waals surface area contributed by atoms with Gasteiger partial charge in [-0.1, -0.05) is 35.3 Å². The molecule has 0 unspecified atom stereocenters. The van der Waals surface area contributed by atoms with E-state index in [1.807, 2.05) is 18.2 Å². The first-order valence-corrected chi connectivity index (χ1v) is 7.62. The Labute approximate surface area is 143 Å². The van der Waals surface area contributed by atoms with Crippen LogP contribution in [0.4, 0.5) is 5.82 Å². The van der Waals surface area contributed by atoms with E-state index in [-0.39, 0.29) is 6.61 Å². The lowest BCUT2D eigenvalue weighted by molar-refractivity contribution is 0.307. The van der Waals surface area contributed by atoms with Gasteiger partial charge in [0.15, 0.2) is 11.6 Å². The second-order valence-corrected chi connectivity index (χ2v) is 5.65. The predicted octanol–water partition coefficient (Wildman–Crippen LogP) is 4.61. The van der Waals surface area contributed by atoms with Crippen LogP contribution in [0.1, 0.15) is 5.56 Å². The molecule has 0 bridgehead atoms. The molecule has 4 nitrogen and oxygen atoms in total. The van der Waals surface area contributed by atoms with Crippen LogP contribution in [0.15, 0.2) is 55.0 Å². The highest BCUT2D eigenvalue weighted by molar-refractivity contribution is 6.35. The molecule has 2 N–H and O–H groups in total. The van der Waals surface area contributed by atoms with Crippen molar-refractivity contribution in [3.8, 4) is 16.9 Å². The van der Waals surface area contributed by atoms with Gasteiger partial charge in [0.25, 0.3) is 0 Å². The van der Waals surface area contributed by atoms with E-state index in [4.69, 9.17) is 33.7 Å². The Bertz CT molecular complexity index is 805. The fourth-order valence-corrected chi connectivity index (χ4v) is 2.59. The monoisotopic (exact) mass is 345 g/mol. The van der Waals surface area contributed by atoms with Gasteiger partial charge in [-0.15, -0.1) is 0 Å². The third-order valence-electron chi connectivity index (χ3n) is 3.31. The van der Waals surface area contributed by atoms with Gasteiger partial charge in [0.2, 0.25) is 0 Å². The minimum atomic E-state index is 0.209. The zero-order valence-electron chi connectivity index (χ0n) is 12.0. The topological polar surface area (TPSA) is 61.0 Å². The Hall–Kier alpha value is -2.30. The standard InChI is InChI=1S/C17H13Cl2N3O/c18-14-4-1-5-15(19)13(14)10-23-16-7-12(9-22-17(16)20)11-3-2-6-21-8-11/h1-9H,10H2,(H2,20,22). The average Bonchev–Trinajstić information content (AvgIpc) is 2.57. The molecule has 0 saturated heterocycles. The van der Waals surface area contributed by atoms with Gasteiger partial charge in [0.05, 0.1) is 0 Å². The Morgan fingerprint density at radius 3 is 2.48 bits per heavy atom. The van der Waals surface area contributed by atoms with E-state index < -0.39 is 0 Å². The number of nitrogen functional groups attached to an aromatic ring is 1. The van der Waals surface area contributed by atoms with Crippen molar-refractivity contribution < 1.29 is 4.74 Å². The molecule has 1 aromatic carbocycles. The molecular formula is C17H13Cl2N3O. The molecule has 2 heterocycles. The van der Waals surface area contributed by atoms with Gasteiger partial charge >= 0.3 is 0 Å². The molecule has 6 heteroatoms. The summed E-state index contributed by atoms with van der Waals surface area (Å²) in [6.07, 6.45) is 5.15. The number of ether oxygens (including phenoxy) is 1. The molecule has 0 aliphatic rings. The van der Waals surface area contributed by atoms with Crippen LogP contribution >= 0.6 is 23.2 Å². The first-order chi connectivity index (χ1) is 11.1. The molecule has 0 radical (unpaired) electrons. The minimum Gasteiger partial charge on any atom is -0.485 e. The van der Waals surface area contributed by atoms with E-state index in [1.165, 1.54) is 0 Å². The van der Waals surface area contributed by atoms with Crippen molar-refractivity contribution in [1.29, 1.82) is 0 Å². The van der Waals surface area contributed by atoms with Crippen LogP contribution < -0.4 is 10.5 Å². The molecule has 3 rings (SSSR count). The summed E-state index contributed by atoms with van der Waals surface area (Å²) in [6, 6.07) is 10.9. The van der Waals surface area contributed by atoms with Crippen molar-refractivity contribution in [3.05, 3.63) is 70.6 Å². The Morgan fingerprint density at radius 1 is 1.00 bits per heavy atom. The SMILES string of the molecule is Nc1ncc(-c2cccnc2)cc1OCc1c(Cl)cccc1Cl. The number of nitrogens with two attached hydrogens (primary N) is 1. The van der Waals surface area contributed by atoms with Crippen LogP contribution in [0.3, 0.4) is 0 Å². The molecule has 0 amide bonds. The van der Waals surface area contributed by atoms with Crippen molar-refractivity contribution in [1.82, 2.24) is 9.97 Å². The van der Waals surface area contributed by atoms with E-state index in [1.54, 1.807) is 36.8 Å². The van der Waals surface area contributed by atoms with Crippen LogP contribution in [0, 0.1) is 0 Å². The lowest BCUT2D eigenvalue weighted by Gasteiger charge is -2.12. The molecule has 0 spiro atoms. The normalized spacial score (nSPS) is 10.5. The fraction of sp³-hybridized carbons (Fsp3) is 0.0588. The zero-order chi connectivity index (χ0) is 16.2. The van der Waals surface area contributed by atoms with Gasteiger partial charge in [0, 0.05) is 45.3 Å². The summed E-state index contributed by atoms with van der Waals surface area (Å²) >= 11 is 12.3. The number of nitrogens with zero attached hydrogens (tertiary/aromatic N) is 2.